The lowest BCUT2D eigenvalue weighted by molar-refractivity contribution is -0.121. The second kappa shape index (κ2) is 8.22. The summed E-state index contributed by atoms with van der Waals surface area (Å²) >= 11 is 1.55. The van der Waals surface area contributed by atoms with Gasteiger partial charge < -0.3 is 10.4 Å². The molecule has 0 radical (unpaired) electrons. The first-order chi connectivity index (χ1) is 11.0. The standard InChI is InChI=1S/C18H24N2O2S/c1-12(2)7-15(10-21)19-17(22)9-16-11-23-18(20-16)14-6-4-5-13(3)8-14/h4-6,8,11-12,15,21H,7,9-10H2,1-3H3,(H,19,22). The Morgan fingerprint density at radius 2 is 2.17 bits per heavy atom. The van der Waals surface area contributed by atoms with Crippen molar-refractivity contribution in [2.24, 2.45) is 5.92 Å². The Labute approximate surface area is 141 Å². The monoisotopic (exact) mass is 332 g/mol. The molecule has 0 fully saturated rings. The Morgan fingerprint density at radius 3 is 2.83 bits per heavy atom. The summed E-state index contributed by atoms with van der Waals surface area (Å²) in [5.74, 6) is 0.338. The predicted octanol–water partition coefficient (Wildman–Crippen LogP) is 3.18. The topological polar surface area (TPSA) is 62.2 Å². The van der Waals surface area contributed by atoms with Gasteiger partial charge in [0, 0.05) is 10.9 Å². The van der Waals surface area contributed by atoms with Gasteiger partial charge in [0.2, 0.25) is 5.91 Å². The first-order valence-electron chi connectivity index (χ1n) is 7.89. The minimum atomic E-state index is -0.183. The van der Waals surface area contributed by atoms with Gasteiger partial charge in [-0.05, 0) is 25.3 Å². The fourth-order valence-electron chi connectivity index (χ4n) is 2.49. The lowest BCUT2D eigenvalue weighted by atomic mass is 10.0. The van der Waals surface area contributed by atoms with E-state index in [-0.39, 0.29) is 25.0 Å². The number of aromatic nitrogens is 1. The van der Waals surface area contributed by atoms with Crippen molar-refractivity contribution in [1.29, 1.82) is 0 Å². The number of hydrogen-bond acceptors (Lipinski definition) is 4. The number of benzene rings is 1. The molecule has 1 heterocycles. The second-order valence-corrected chi connectivity index (χ2v) is 7.12. The molecule has 2 N–H and O–H groups in total. The quantitative estimate of drug-likeness (QED) is 0.818. The number of nitrogens with zero attached hydrogens (tertiary/aromatic N) is 1. The maximum absolute atomic E-state index is 12.1. The third-order valence-corrected chi connectivity index (χ3v) is 4.44. The van der Waals surface area contributed by atoms with E-state index in [4.69, 9.17) is 0 Å². The van der Waals surface area contributed by atoms with E-state index >= 15 is 0 Å². The van der Waals surface area contributed by atoms with Gasteiger partial charge in [-0.2, -0.15) is 0 Å². The summed E-state index contributed by atoms with van der Waals surface area (Å²) in [6.45, 7) is 6.16. The Bertz CT molecular complexity index is 652. The zero-order valence-corrected chi connectivity index (χ0v) is 14.7. The molecule has 1 aromatic heterocycles. The number of hydrogen-bond donors (Lipinski definition) is 2. The number of carbonyl (C=O) groups is 1. The van der Waals surface area contributed by atoms with Gasteiger partial charge in [0.05, 0.1) is 24.8 Å². The van der Waals surface area contributed by atoms with Gasteiger partial charge in [0.25, 0.3) is 0 Å². The zero-order chi connectivity index (χ0) is 16.8. The Hall–Kier alpha value is -1.72. The van der Waals surface area contributed by atoms with Crippen molar-refractivity contribution in [2.45, 2.75) is 39.7 Å². The number of amides is 1. The normalized spacial score (nSPS) is 12.4. The van der Waals surface area contributed by atoms with Crippen molar-refractivity contribution in [2.75, 3.05) is 6.61 Å². The van der Waals surface area contributed by atoms with Crippen molar-refractivity contribution in [3.05, 3.63) is 40.9 Å². The average Bonchev–Trinajstić information content (AvgIpc) is 2.94. The molecule has 0 saturated carbocycles. The largest absolute Gasteiger partial charge is 0.394 e. The molecule has 1 atom stereocenters. The lowest BCUT2D eigenvalue weighted by Gasteiger charge is -2.17. The molecule has 0 bridgehead atoms. The minimum absolute atomic E-state index is 0.0322. The number of aryl methyl sites for hydroxylation is 1. The van der Waals surface area contributed by atoms with Crippen LogP contribution in [0, 0.1) is 12.8 Å². The van der Waals surface area contributed by atoms with Gasteiger partial charge >= 0.3 is 0 Å². The van der Waals surface area contributed by atoms with Gasteiger partial charge in [0.15, 0.2) is 0 Å². The van der Waals surface area contributed by atoms with Crippen molar-refractivity contribution in [1.82, 2.24) is 10.3 Å². The molecule has 23 heavy (non-hydrogen) atoms. The van der Waals surface area contributed by atoms with Crippen LogP contribution in [0.1, 0.15) is 31.5 Å². The summed E-state index contributed by atoms with van der Waals surface area (Å²) in [7, 11) is 0. The fraction of sp³-hybridized carbons (Fsp3) is 0.444. The highest BCUT2D eigenvalue weighted by Gasteiger charge is 2.15. The number of nitrogens with one attached hydrogen (secondary N) is 1. The van der Waals surface area contributed by atoms with Gasteiger partial charge in [-0.25, -0.2) is 4.98 Å². The predicted molar refractivity (Wildman–Crippen MR) is 94.5 cm³/mol. The number of thiazole rings is 1. The van der Waals surface area contributed by atoms with Crippen LogP contribution in [0.2, 0.25) is 0 Å². The molecule has 1 aromatic carbocycles. The van der Waals surface area contributed by atoms with Crippen molar-refractivity contribution in [3.8, 4) is 10.6 Å². The molecular formula is C18H24N2O2S. The Morgan fingerprint density at radius 1 is 1.39 bits per heavy atom. The first kappa shape index (κ1) is 17.6. The maximum Gasteiger partial charge on any atom is 0.226 e. The van der Waals surface area contributed by atoms with Crippen LogP contribution in [-0.4, -0.2) is 28.6 Å². The van der Waals surface area contributed by atoms with E-state index in [0.717, 1.165) is 22.7 Å². The van der Waals surface area contributed by atoms with Crippen LogP contribution in [0.4, 0.5) is 0 Å². The summed E-state index contributed by atoms with van der Waals surface area (Å²) in [4.78, 5) is 16.7. The second-order valence-electron chi connectivity index (χ2n) is 6.27. The van der Waals surface area contributed by atoms with Crippen molar-refractivity contribution < 1.29 is 9.90 Å². The van der Waals surface area contributed by atoms with Crippen LogP contribution >= 0.6 is 11.3 Å². The number of carbonyl (C=O) groups excluding carboxylic acids is 1. The molecule has 2 aromatic rings. The first-order valence-corrected chi connectivity index (χ1v) is 8.77. The van der Waals surface area contributed by atoms with Gasteiger partial charge in [0.1, 0.15) is 5.01 Å². The van der Waals surface area contributed by atoms with Crippen molar-refractivity contribution >= 4 is 17.2 Å². The third-order valence-electron chi connectivity index (χ3n) is 3.50. The molecule has 5 heteroatoms. The van der Waals surface area contributed by atoms with Crippen LogP contribution in [0.5, 0.6) is 0 Å². The summed E-state index contributed by atoms with van der Waals surface area (Å²) in [6.07, 6.45) is 1.02. The molecular weight excluding hydrogens is 308 g/mol. The van der Waals surface area contributed by atoms with Crippen LogP contribution < -0.4 is 5.32 Å². The zero-order valence-electron chi connectivity index (χ0n) is 13.9. The number of aliphatic hydroxyl groups is 1. The molecule has 0 aliphatic carbocycles. The molecule has 0 spiro atoms. The highest BCUT2D eigenvalue weighted by atomic mass is 32.1. The van der Waals surface area contributed by atoms with Crippen LogP contribution in [0.3, 0.4) is 0 Å². The summed E-state index contributed by atoms with van der Waals surface area (Å²) in [5, 5.41) is 15.1. The fourth-order valence-corrected chi connectivity index (χ4v) is 3.31. The van der Waals surface area contributed by atoms with E-state index < -0.39 is 0 Å². The molecule has 2 rings (SSSR count). The summed E-state index contributed by atoms with van der Waals surface area (Å²) in [6, 6.07) is 8.00. The van der Waals surface area contributed by atoms with Gasteiger partial charge in [-0.15, -0.1) is 11.3 Å². The molecule has 1 unspecified atom stereocenters. The van der Waals surface area contributed by atoms with Crippen LogP contribution in [0.15, 0.2) is 29.6 Å². The molecule has 4 nitrogen and oxygen atoms in total. The molecule has 1 amide bonds. The minimum Gasteiger partial charge on any atom is -0.394 e. The van der Waals surface area contributed by atoms with Gasteiger partial charge in [-0.3, -0.25) is 4.79 Å². The highest BCUT2D eigenvalue weighted by molar-refractivity contribution is 7.13. The SMILES string of the molecule is Cc1cccc(-c2nc(CC(=O)NC(CO)CC(C)C)cs2)c1. The maximum atomic E-state index is 12.1. The number of rotatable bonds is 7. The molecule has 0 saturated heterocycles. The number of aliphatic hydroxyl groups excluding tert-OH is 1. The summed E-state index contributed by atoms with van der Waals surface area (Å²) < 4.78 is 0. The molecule has 124 valence electrons. The highest BCUT2D eigenvalue weighted by Crippen LogP contribution is 2.24. The van der Waals surface area contributed by atoms with E-state index in [1.165, 1.54) is 5.56 Å². The third kappa shape index (κ3) is 5.44. The smallest absolute Gasteiger partial charge is 0.226 e. The average molecular weight is 332 g/mol. The van der Waals surface area contributed by atoms with E-state index in [9.17, 15) is 9.90 Å². The van der Waals surface area contributed by atoms with Crippen LogP contribution in [0.25, 0.3) is 10.6 Å². The summed E-state index contributed by atoms with van der Waals surface area (Å²) in [5.41, 5.74) is 3.04. The van der Waals surface area contributed by atoms with E-state index in [2.05, 4.69) is 43.2 Å². The van der Waals surface area contributed by atoms with Crippen LogP contribution in [-0.2, 0) is 11.2 Å². The van der Waals surface area contributed by atoms with E-state index in [1.54, 1.807) is 11.3 Å². The van der Waals surface area contributed by atoms with Crippen molar-refractivity contribution in [3.63, 3.8) is 0 Å². The van der Waals surface area contributed by atoms with E-state index in [1.807, 2.05) is 17.5 Å². The van der Waals surface area contributed by atoms with E-state index in [0.29, 0.717) is 5.92 Å². The van der Waals surface area contributed by atoms with Gasteiger partial charge in [-0.1, -0.05) is 37.6 Å². The molecule has 0 aliphatic heterocycles. The Kier molecular flexibility index (Phi) is 6.30. The molecule has 0 aliphatic rings. The lowest BCUT2D eigenvalue weighted by Crippen LogP contribution is -2.39. The Balaban J connectivity index is 1.97.